The number of methoxy groups -OCH3 is 2. The summed E-state index contributed by atoms with van der Waals surface area (Å²) in [5, 5.41) is 8.15. The maximum Gasteiger partial charge on any atom is 0.410 e. The number of hydrogen-bond acceptors (Lipinski definition) is 6. The lowest BCUT2D eigenvalue weighted by atomic mass is 9.90. The van der Waals surface area contributed by atoms with Gasteiger partial charge in [-0.05, 0) is 70.0 Å². The van der Waals surface area contributed by atoms with Crippen LogP contribution < -0.4 is 14.8 Å². The van der Waals surface area contributed by atoms with Crippen molar-refractivity contribution in [3.63, 3.8) is 0 Å². The Balaban J connectivity index is 1.62. The fourth-order valence-corrected chi connectivity index (χ4v) is 4.61. The highest BCUT2D eigenvalue weighted by molar-refractivity contribution is 6.30. The summed E-state index contributed by atoms with van der Waals surface area (Å²) in [5.41, 5.74) is 2.05. The SMILES string of the molecule is COc1ccc(NC(=O)c2cnn(-c3ccc(Cl)cc3)c2C2CCN(C(=O)OC(C)(C)C)CC2)cc1OC. The summed E-state index contributed by atoms with van der Waals surface area (Å²) in [6.45, 7) is 6.59. The topological polar surface area (TPSA) is 94.9 Å². The summed E-state index contributed by atoms with van der Waals surface area (Å²) in [7, 11) is 3.10. The van der Waals surface area contributed by atoms with Crippen LogP contribution in [0.2, 0.25) is 5.02 Å². The number of aromatic nitrogens is 2. The number of piperidine rings is 1. The first-order valence-electron chi connectivity index (χ1n) is 12.4. The van der Waals surface area contributed by atoms with Crippen molar-refractivity contribution in [3.8, 4) is 17.2 Å². The predicted octanol–water partition coefficient (Wildman–Crippen LogP) is 5.91. The maximum atomic E-state index is 13.5. The van der Waals surface area contributed by atoms with Gasteiger partial charge in [-0.15, -0.1) is 0 Å². The minimum Gasteiger partial charge on any atom is -0.493 e. The minimum absolute atomic E-state index is 0.00183. The second kappa shape index (κ2) is 11.3. The average Bonchev–Trinajstić information content (AvgIpc) is 3.33. The van der Waals surface area contributed by atoms with Crippen LogP contribution in [0.5, 0.6) is 11.5 Å². The monoisotopic (exact) mass is 540 g/mol. The van der Waals surface area contributed by atoms with E-state index >= 15 is 0 Å². The van der Waals surface area contributed by atoms with Crippen molar-refractivity contribution >= 4 is 29.3 Å². The molecule has 0 spiro atoms. The van der Waals surface area contributed by atoms with E-state index in [1.165, 1.54) is 0 Å². The Morgan fingerprint density at radius 1 is 1.00 bits per heavy atom. The van der Waals surface area contributed by atoms with Crippen molar-refractivity contribution in [3.05, 3.63) is 64.9 Å². The van der Waals surface area contributed by atoms with Gasteiger partial charge >= 0.3 is 6.09 Å². The Kier molecular flexibility index (Phi) is 8.16. The molecule has 202 valence electrons. The van der Waals surface area contributed by atoms with E-state index in [0.717, 1.165) is 11.4 Å². The van der Waals surface area contributed by atoms with Gasteiger partial charge < -0.3 is 24.4 Å². The number of ether oxygens (including phenoxy) is 3. The van der Waals surface area contributed by atoms with E-state index in [-0.39, 0.29) is 17.9 Å². The molecule has 1 fully saturated rings. The van der Waals surface area contributed by atoms with Crippen LogP contribution in [-0.2, 0) is 4.74 Å². The molecule has 2 heterocycles. The molecule has 0 radical (unpaired) electrons. The Morgan fingerprint density at radius 2 is 1.66 bits per heavy atom. The number of benzene rings is 2. The lowest BCUT2D eigenvalue weighted by Crippen LogP contribution is -2.41. The van der Waals surface area contributed by atoms with Crippen molar-refractivity contribution < 1.29 is 23.8 Å². The third kappa shape index (κ3) is 6.22. The van der Waals surface area contributed by atoms with Gasteiger partial charge in [0.1, 0.15) is 5.60 Å². The number of nitrogens with zero attached hydrogens (tertiary/aromatic N) is 3. The molecule has 3 aromatic rings. The second-order valence-electron chi connectivity index (χ2n) is 10.1. The molecule has 1 aromatic heterocycles. The minimum atomic E-state index is -0.559. The summed E-state index contributed by atoms with van der Waals surface area (Å²) in [5.74, 6) is 0.787. The van der Waals surface area contributed by atoms with Gasteiger partial charge in [-0.1, -0.05) is 11.6 Å². The highest BCUT2D eigenvalue weighted by Crippen LogP contribution is 2.34. The van der Waals surface area contributed by atoms with E-state index in [1.54, 1.807) is 60.3 Å². The van der Waals surface area contributed by atoms with Gasteiger partial charge in [0.2, 0.25) is 0 Å². The molecule has 1 aliphatic rings. The number of rotatable bonds is 6. The molecule has 0 saturated carbocycles. The highest BCUT2D eigenvalue weighted by Gasteiger charge is 2.32. The smallest absolute Gasteiger partial charge is 0.410 e. The zero-order chi connectivity index (χ0) is 27.4. The van der Waals surface area contributed by atoms with Gasteiger partial charge in [0.15, 0.2) is 11.5 Å². The van der Waals surface area contributed by atoms with Crippen LogP contribution >= 0.6 is 11.6 Å². The molecule has 4 rings (SSSR count). The largest absolute Gasteiger partial charge is 0.493 e. The molecular formula is C28H33ClN4O5. The molecule has 38 heavy (non-hydrogen) atoms. The number of hydrogen-bond donors (Lipinski definition) is 1. The summed E-state index contributed by atoms with van der Waals surface area (Å²) in [4.78, 5) is 27.8. The molecule has 0 atom stereocenters. The number of nitrogens with one attached hydrogen (secondary N) is 1. The third-order valence-electron chi connectivity index (χ3n) is 6.30. The molecule has 9 nitrogen and oxygen atoms in total. The standard InChI is InChI=1S/C28H33ClN4O5/c1-28(2,3)38-27(35)32-14-12-18(13-15-32)25-22(17-30-33(25)21-9-6-19(29)7-10-21)26(34)31-20-8-11-23(36-4)24(16-20)37-5/h6-11,16-18H,12-15H2,1-5H3,(H,31,34). The number of halogens is 1. The van der Waals surface area contributed by atoms with Crippen molar-refractivity contribution in [2.75, 3.05) is 32.6 Å². The molecular weight excluding hydrogens is 508 g/mol. The first-order chi connectivity index (χ1) is 18.1. The zero-order valence-corrected chi connectivity index (χ0v) is 23.0. The van der Waals surface area contributed by atoms with Gasteiger partial charge in [-0.3, -0.25) is 4.79 Å². The van der Waals surface area contributed by atoms with E-state index in [0.29, 0.717) is 53.7 Å². The number of carbonyl (C=O) groups is 2. The lowest BCUT2D eigenvalue weighted by Gasteiger charge is -2.34. The lowest BCUT2D eigenvalue weighted by molar-refractivity contribution is 0.0203. The van der Waals surface area contributed by atoms with Gasteiger partial charge in [0.05, 0.1) is 37.4 Å². The van der Waals surface area contributed by atoms with E-state index in [4.69, 9.17) is 25.8 Å². The predicted molar refractivity (Wildman–Crippen MR) is 146 cm³/mol. The molecule has 1 aliphatic heterocycles. The number of anilines is 1. The molecule has 0 bridgehead atoms. The quantitative estimate of drug-likeness (QED) is 0.417. The Morgan fingerprint density at radius 3 is 2.26 bits per heavy atom. The maximum absolute atomic E-state index is 13.5. The van der Waals surface area contributed by atoms with Crippen molar-refractivity contribution in [2.45, 2.75) is 45.1 Å². The Hall–Kier alpha value is -3.72. The van der Waals surface area contributed by atoms with Crippen molar-refractivity contribution in [1.82, 2.24) is 14.7 Å². The Bertz CT molecular complexity index is 1290. The van der Waals surface area contributed by atoms with Crippen molar-refractivity contribution in [1.29, 1.82) is 0 Å². The molecule has 0 aliphatic carbocycles. The van der Waals surface area contributed by atoms with Crippen LogP contribution in [0, 0.1) is 0 Å². The van der Waals surface area contributed by atoms with E-state index in [2.05, 4.69) is 10.4 Å². The van der Waals surface area contributed by atoms with Crippen LogP contribution in [0.3, 0.4) is 0 Å². The molecule has 0 unspecified atom stereocenters. The third-order valence-corrected chi connectivity index (χ3v) is 6.55. The van der Waals surface area contributed by atoms with Crippen LogP contribution in [0.4, 0.5) is 10.5 Å². The van der Waals surface area contributed by atoms with Crippen molar-refractivity contribution in [2.24, 2.45) is 0 Å². The molecule has 1 N–H and O–H groups in total. The summed E-state index contributed by atoms with van der Waals surface area (Å²) >= 11 is 6.11. The van der Waals surface area contributed by atoms with Crippen LogP contribution in [0.1, 0.15) is 55.6 Å². The molecule has 2 amide bonds. The number of carbonyl (C=O) groups excluding carboxylic acids is 2. The second-order valence-corrected chi connectivity index (χ2v) is 10.5. The highest BCUT2D eigenvalue weighted by atomic mass is 35.5. The molecule has 2 aromatic carbocycles. The van der Waals surface area contributed by atoms with Crippen LogP contribution in [-0.4, -0.2) is 59.6 Å². The number of amides is 2. The van der Waals surface area contributed by atoms with Crippen LogP contribution in [0.25, 0.3) is 5.69 Å². The first-order valence-corrected chi connectivity index (χ1v) is 12.8. The van der Waals surface area contributed by atoms with E-state index < -0.39 is 5.60 Å². The Labute approximate surface area is 227 Å². The molecule has 10 heteroatoms. The normalized spacial score (nSPS) is 14.2. The van der Waals surface area contributed by atoms with Crippen LogP contribution in [0.15, 0.2) is 48.7 Å². The fourth-order valence-electron chi connectivity index (χ4n) is 4.49. The summed E-state index contributed by atoms with van der Waals surface area (Å²) in [6.07, 6.45) is 2.58. The molecule has 1 saturated heterocycles. The fraction of sp³-hybridized carbons (Fsp3) is 0.393. The summed E-state index contributed by atoms with van der Waals surface area (Å²) in [6, 6.07) is 12.5. The number of likely N-dealkylation sites (tertiary alicyclic amines) is 1. The summed E-state index contributed by atoms with van der Waals surface area (Å²) < 4.78 is 18.0. The average molecular weight is 541 g/mol. The van der Waals surface area contributed by atoms with Gasteiger partial charge in [-0.2, -0.15) is 5.10 Å². The van der Waals surface area contributed by atoms with Gasteiger partial charge in [0, 0.05) is 35.8 Å². The van der Waals surface area contributed by atoms with Gasteiger partial charge in [-0.25, -0.2) is 9.48 Å². The van der Waals surface area contributed by atoms with E-state index in [9.17, 15) is 9.59 Å². The first kappa shape index (κ1) is 27.3. The zero-order valence-electron chi connectivity index (χ0n) is 22.3. The van der Waals surface area contributed by atoms with Gasteiger partial charge in [0.25, 0.3) is 5.91 Å². The van der Waals surface area contributed by atoms with E-state index in [1.807, 2.05) is 32.9 Å².